The van der Waals surface area contributed by atoms with Crippen molar-refractivity contribution in [2.24, 2.45) is 0 Å². The molecule has 0 heterocycles. The molecule has 1 rings (SSSR count). The Morgan fingerprint density at radius 1 is 1.50 bits per heavy atom. The number of amides is 2. The highest BCUT2D eigenvalue weighted by atomic mass is 16.5. The van der Waals surface area contributed by atoms with Crippen LogP contribution in [0.25, 0.3) is 0 Å². The summed E-state index contributed by atoms with van der Waals surface area (Å²) in [5, 5.41) is 5.31. The first kappa shape index (κ1) is 12.3. The molecule has 0 aliphatic carbocycles. The Labute approximate surface area is 95.0 Å². The van der Waals surface area contributed by atoms with Crippen LogP contribution in [0.1, 0.15) is 5.56 Å². The topological polar surface area (TPSA) is 76.4 Å². The van der Waals surface area contributed by atoms with E-state index in [-0.39, 0.29) is 6.03 Å². The quantitative estimate of drug-likeness (QED) is 0.532. The van der Waals surface area contributed by atoms with E-state index in [2.05, 4.69) is 10.6 Å². The van der Waals surface area contributed by atoms with Crippen LogP contribution in [0.2, 0.25) is 0 Å². The number of carbonyl (C=O) groups is 1. The number of hydrogen-bond donors (Lipinski definition) is 3. The highest BCUT2D eigenvalue weighted by Crippen LogP contribution is 2.18. The minimum atomic E-state index is -0.285. The number of ether oxygens (including phenoxy) is 1. The molecule has 88 valence electrons. The maximum absolute atomic E-state index is 11.4. The normalized spacial score (nSPS) is 9.88. The van der Waals surface area contributed by atoms with Crippen molar-refractivity contribution in [2.45, 2.75) is 6.92 Å². The van der Waals surface area contributed by atoms with Crippen LogP contribution in [0.15, 0.2) is 18.2 Å². The molecule has 0 atom stereocenters. The van der Waals surface area contributed by atoms with Crippen molar-refractivity contribution < 1.29 is 9.53 Å². The summed E-state index contributed by atoms with van der Waals surface area (Å²) < 4.78 is 4.81. The number of benzene rings is 1. The van der Waals surface area contributed by atoms with Crippen molar-refractivity contribution >= 4 is 17.4 Å². The van der Waals surface area contributed by atoms with E-state index in [9.17, 15) is 4.79 Å². The SMILES string of the molecule is COCCNC(=O)Nc1ccc(C)cc1N. The number of aryl methyl sites for hydroxylation is 1. The Bertz CT molecular complexity index is 366. The molecule has 0 spiro atoms. The first-order valence-corrected chi connectivity index (χ1v) is 5.03. The van der Waals surface area contributed by atoms with Crippen molar-refractivity contribution in [3.05, 3.63) is 23.8 Å². The van der Waals surface area contributed by atoms with Gasteiger partial charge in [0.05, 0.1) is 18.0 Å². The summed E-state index contributed by atoms with van der Waals surface area (Å²) in [7, 11) is 1.58. The molecule has 1 aromatic rings. The third-order valence-corrected chi connectivity index (χ3v) is 2.05. The maximum Gasteiger partial charge on any atom is 0.319 e. The van der Waals surface area contributed by atoms with E-state index >= 15 is 0 Å². The summed E-state index contributed by atoms with van der Waals surface area (Å²) in [5.74, 6) is 0. The molecule has 0 saturated heterocycles. The fraction of sp³-hybridized carbons (Fsp3) is 0.364. The monoisotopic (exact) mass is 223 g/mol. The van der Waals surface area contributed by atoms with Crippen LogP contribution < -0.4 is 16.4 Å². The molecule has 0 aliphatic rings. The predicted molar refractivity (Wildman–Crippen MR) is 64.5 cm³/mol. The largest absolute Gasteiger partial charge is 0.397 e. The molecule has 1 aromatic carbocycles. The van der Waals surface area contributed by atoms with E-state index in [0.717, 1.165) is 5.56 Å². The lowest BCUT2D eigenvalue weighted by atomic mass is 10.2. The predicted octanol–water partition coefficient (Wildman–Crippen LogP) is 1.35. The molecule has 2 amide bonds. The molecule has 0 aromatic heterocycles. The minimum Gasteiger partial charge on any atom is -0.397 e. The van der Waals surface area contributed by atoms with Crippen molar-refractivity contribution in [3.8, 4) is 0 Å². The number of urea groups is 1. The van der Waals surface area contributed by atoms with Crippen molar-refractivity contribution in [3.63, 3.8) is 0 Å². The van der Waals surface area contributed by atoms with Gasteiger partial charge >= 0.3 is 6.03 Å². The van der Waals surface area contributed by atoms with E-state index in [1.54, 1.807) is 13.2 Å². The summed E-state index contributed by atoms with van der Waals surface area (Å²) in [6, 6.07) is 5.19. The zero-order valence-electron chi connectivity index (χ0n) is 9.54. The lowest BCUT2D eigenvalue weighted by molar-refractivity contribution is 0.198. The van der Waals surface area contributed by atoms with Gasteiger partial charge in [-0.1, -0.05) is 6.07 Å². The molecule has 0 unspecified atom stereocenters. The van der Waals surface area contributed by atoms with Crippen LogP contribution >= 0.6 is 0 Å². The molecule has 5 nitrogen and oxygen atoms in total. The Kier molecular flexibility index (Phi) is 4.60. The van der Waals surface area contributed by atoms with Crippen LogP contribution in [0, 0.1) is 6.92 Å². The fourth-order valence-electron chi connectivity index (χ4n) is 1.23. The number of nitrogen functional groups attached to an aromatic ring is 1. The zero-order chi connectivity index (χ0) is 12.0. The van der Waals surface area contributed by atoms with Gasteiger partial charge in [-0.2, -0.15) is 0 Å². The first-order chi connectivity index (χ1) is 7.63. The summed E-state index contributed by atoms with van der Waals surface area (Å²) in [5.41, 5.74) is 7.98. The van der Waals surface area contributed by atoms with Gasteiger partial charge in [-0.15, -0.1) is 0 Å². The molecule has 16 heavy (non-hydrogen) atoms. The molecule has 0 bridgehead atoms. The van der Waals surface area contributed by atoms with E-state index < -0.39 is 0 Å². The van der Waals surface area contributed by atoms with E-state index in [0.29, 0.717) is 24.5 Å². The smallest absolute Gasteiger partial charge is 0.319 e. The lowest BCUT2D eigenvalue weighted by Crippen LogP contribution is -2.31. The molecule has 5 heteroatoms. The Balaban J connectivity index is 2.49. The molecule has 0 radical (unpaired) electrons. The fourth-order valence-corrected chi connectivity index (χ4v) is 1.23. The van der Waals surface area contributed by atoms with Crippen molar-refractivity contribution in [2.75, 3.05) is 31.3 Å². The average Bonchev–Trinajstić information content (AvgIpc) is 2.23. The first-order valence-electron chi connectivity index (χ1n) is 5.03. The number of rotatable bonds is 4. The van der Waals surface area contributed by atoms with E-state index in [1.165, 1.54) is 0 Å². The number of hydrogen-bond acceptors (Lipinski definition) is 3. The van der Waals surface area contributed by atoms with Gasteiger partial charge in [0, 0.05) is 13.7 Å². The van der Waals surface area contributed by atoms with Crippen LogP contribution in [0.3, 0.4) is 0 Å². The lowest BCUT2D eigenvalue weighted by Gasteiger charge is -2.09. The number of carbonyl (C=O) groups excluding carboxylic acids is 1. The van der Waals surface area contributed by atoms with E-state index in [1.807, 2.05) is 19.1 Å². The van der Waals surface area contributed by atoms with Crippen molar-refractivity contribution in [1.82, 2.24) is 5.32 Å². The van der Waals surface area contributed by atoms with Crippen LogP contribution in [0.4, 0.5) is 16.2 Å². The van der Waals surface area contributed by atoms with Gasteiger partial charge in [0.1, 0.15) is 0 Å². The second kappa shape index (κ2) is 5.97. The van der Waals surface area contributed by atoms with Crippen LogP contribution in [-0.4, -0.2) is 26.3 Å². The third-order valence-electron chi connectivity index (χ3n) is 2.05. The van der Waals surface area contributed by atoms with Gasteiger partial charge in [0.25, 0.3) is 0 Å². The molecular weight excluding hydrogens is 206 g/mol. The number of nitrogens with two attached hydrogens (primary N) is 1. The van der Waals surface area contributed by atoms with Crippen LogP contribution in [0.5, 0.6) is 0 Å². The summed E-state index contributed by atoms with van der Waals surface area (Å²) in [4.78, 5) is 11.4. The molecule has 0 aliphatic heterocycles. The van der Waals surface area contributed by atoms with Crippen LogP contribution in [-0.2, 0) is 4.74 Å². The van der Waals surface area contributed by atoms with Crippen molar-refractivity contribution in [1.29, 1.82) is 0 Å². The van der Waals surface area contributed by atoms with Gasteiger partial charge in [0.15, 0.2) is 0 Å². The average molecular weight is 223 g/mol. The summed E-state index contributed by atoms with van der Waals surface area (Å²) >= 11 is 0. The number of anilines is 2. The maximum atomic E-state index is 11.4. The Hall–Kier alpha value is -1.75. The number of methoxy groups -OCH3 is 1. The molecule has 4 N–H and O–H groups in total. The van der Waals surface area contributed by atoms with E-state index in [4.69, 9.17) is 10.5 Å². The van der Waals surface area contributed by atoms with Gasteiger partial charge in [-0.3, -0.25) is 0 Å². The number of nitrogens with one attached hydrogen (secondary N) is 2. The third kappa shape index (κ3) is 3.78. The standard InChI is InChI=1S/C11H17N3O2/c1-8-3-4-10(9(12)7-8)14-11(15)13-5-6-16-2/h3-4,7H,5-6,12H2,1-2H3,(H2,13,14,15). The van der Waals surface area contributed by atoms with Gasteiger partial charge in [-0.25, -0.2) is 4.79 Å². The minimum absolute atomic E-state index is 0.285. The second-order valence-corrected chi connectivity index (χ2v) is 3.46. The second-order valence-electron chi connectivity index (χ2n) is 3.46. The van der Waals surface area contributed by atoms with Gasteiger partial charge in [0.2, 0.25) is 0 Å². The Morgan fingerprint density at radius 3 is 2.88 bits per heavy atom. The highest BCUT2D eigenvalue weighted by molar-refractivity contribution is 5.92. The zero-order valence-corrected chi connectivity index (χ0v) is 9.54. The van der Waals surface area contributed by atoms with Gasteiger partial charge in [-0.05, 0) is 24.6 Å². The highest BCUT2D eigenvalue weighted by Gasteiger charge is 2.03. The molecule has 0 saturated carbocycles. The summed E-state index contributed by atoms with van der Waals surface area (Å²) in [6.45, 7) is 2.89. The molecule has 0 fully saturated rings. The van der Waals surface area contributed by atoms with Gasteiger partial charge < -0.3 is 21.1 Å². The Morgan fingerprint density at radius 2 is 2.25 bits per heavy atom. The summed E-state index contributed by atoms with van der Waals surface area (Å²) in [6.07, 6.45) is 0. The molecular formula is C11H17N3O2.